The van der Waals surface area contributed by atoms with Crippen molar-refractivity contribution >= 4 is 0 Å². The fraction of sp³-hybridized carbons (Fsp3) is 1.00. The van der Waals surface area contributed by atoms with Crippen LogP contribution in [0.2, 0.25) is 0 Å². The number of hydrogen-bond donors (Lipinski definition) is 1. The van der Waals surface area contributed by atoms with E-state index in [-0.39, 0.29) is 0 Å². The lowest BCUT2D eigenvalue weighted by molar-refractivity contribution is 0.260. The first-order chi connectivity index (χ1) is 6.41. The van der Waals surface area contributed by atoms with Crippen LogP contribution in [0.3, 0.4) is 0 Å². The third-order valence-electron chi connectivity index (χ3n) is 4.22. The van der Waals surface area contributed by atoms with Crippen LogP contribution in [0, 0.1) is 17.3 Å². The minimum atomic E-state index is 0.507. The molecular formula is C12H26N2. The molecule has 0 radical (unpaired) electrons. The third kappa shape index (κ3) is 2.29. The Morgan fingerprint density at radius 1 is 1.29 bits per heavy atom. The van der Waals surface area contributed by atoms with Crippen LogP contribution in [0.1, 0.15) is 34.1 Å². The van der Waals surface area contributed by atoms with E-state index in [4.69, 9.17) is 5.73 Å². The summed E-state index contributed by atoms with van der Waals surface area (Å²) in [6.07, 6.45) is 1.31. The van der Waals surface area contributed by atoms with Crippen molar-refractivity contribution in [2.45, 2.75) is 40.2 Å². The summed E-state index contributed by atoms with van der Waals surface area (Å²) >= 11 is 0. The molecule has 0 heterocycles. The molecule has 2 nitrogen and oxygen atoms in total. The maximum atomic E-state index is 5.75. The summed E-state index contributed by atoms with van der Waals surface area (Å²) in [4.78, 5) is 2.42. The molecule has 1 rings (SSSR count). The lowest BCUT2D eigenvalue weighted by Crippen LogP contribution is -2.27. The molecule has 0 saturated heterocycles. The predicted octanol–water partition coefficient (Wildman–Crippen LogP) is 1.95. The van der Waals surface area contributed by atoms with E-state index in [0.29, 0.717) is 11.5 Å². The van der Waals surface area contributed by atoms with Crippen LogP contribution in [-0.4, -0.2) is 31.1 Å². The van der Waals surface area contributed by atoms with E-state index in [2.05, 4.69) is 39.6 Å². The van der Waals surface area contributed by atoms with Crippen molar-refractivity contribution in [3.8, 4) is 0 Å². The van der Waals surface area contributed by atoms with Crippen LogP contribution < -0.4 is 5.73 Å². The fourth-order valence-corrected chi connectivity index (χ4v) is 2.50. The van der Waals surface area contributed by atoms with Crippen LogP contribution in [0.25, 0.3) is 0 Å². The smallest absolute Gasteiger partial charge is 0.00355 e. The van der Waals surface area contributed by atoms with E-state index >= 15 is 0 Å². The van der Waals surface area contributed by atoms with Crippen LogP contribution >= 0.6 is 0 Å². The molecule has 1 fully saturated rings. The molecule has 0 bridgehead atoms. The molecule has 84 valence electrons. The van der Waals surface area contributed by atoms with Crippen molar-refractivity contribution in [2.75, 3.05) is 20.1 Å². The zero-order chi connectivity index (χ0) is 10.9. The molecule has 2 unspecified atom stereocenters. The summed E-state index contributed by atoms with van der Waals surface area (Å²) in [7, 11) is 2.21. The molecule has 0 amide bonds. The monoisotopic (exact) mass is 198 g/mol. The maximum Gasteiger partial charge on any atom is 0.00355 e. The van der Waals surface area contributed by atoms with E-state index < -0.39 is 0 Å². The van der Waals surface area contributed by atoms with Crippen LogP contribution in [0.4, 0.5) is 0 Å². The Hall–Kier alpha value is -0.0800. The number of hydrogen-bond acceptors (Lipinski definition) is 2. The standard InChI is InChI=1S/C12H26N2/c1-9(2)14(5)7-6-10-11(8-13)12(10,3)4/h9-11H,6-8,13H2,1-5H3. The van der Waals surface area contributed by atoms with Gasteiger partial charge in [0.15, 0.2) is 0 Å². The predicted molar refractivity (Wildman–Crippen MR) is 62.2 cm³/mol. The quantitative estimate of drug-likeness (QED) is 0.731. The highest BCUT2D eigenvalue weighted by atomic mass is 15.1. The van der Waals surface area contributed by atoms with Crippen LogP contribution in [0.5, 0.6) is 0 Å². The molecular weight excluding hydrogens is 172 g/mol. The van der Waals surface area contributed by atoms with Gasteiger partial charge in [-0.3, -0.25) is 0 Å². The highest BCUT2D eigenvalue weighted by molar-refractivity contribution is 5.05. The number of rotatable bonds is 5. The summed E-state index contributed by atoms with van der Waals surface area (Å²) in [5, 5.41) is 0. The second-order valence-corrected chi connectivity index (χ2v) is 5.63. The molecule has 0 aromatic carbocycles. The third-order valence-corrected chi connectivity index (χ3v) is 4.22. The molecule has 0 aliphatic heterocycles. The molecule has 0 aromatic heterocycles. The molecule has 2 heteroatoms. The highest BCUT2D eigenvalue weighted by Gasteiger charge is 2.55. The Labute approximate surface area is 88.8 Å². The largest absolute Gasteiger partial charge is 0.330 e. The van der Waals surface area contributed by atoms with E-state index in [1.807, 2.05) is 0 Å². The summed E-state index contributed by atoms with van der Waals surface area (Å²) < 4.78 is 0. The Kier molecular flexibility index (Phi) is 3.59. The number of nitrogens with two attached hydrogens (primary N) is 1. The summed E-state index contributed by atoms with van der Waals surface area (Å²) in [6, 6.07) is 0.660. The van der Waals surface area contributed by atoms with Gasteiger partial charge >= 0.3 is 0 Å². The van der Waals surface area contributed by atoms with Crippen molar-refractivity contribution in [3.63, 3.8) is 0 Å². The summed E-state index contributed by atoms with van der Waals surface area (Å²) in [5.41, 5.74) is 6.26. The first kappa shape index (κ1) is 12.0. The zero-order valence-corrected chi connectivity index (χ0v) is 10.4. The summed E-state index contributed by atoms with van der Waals surface area (Å²) in [5.74, 6) is 1.62. The Morgan fingerprint density at radius 2 is 1.86 bits per heavy atom. The van der Waals surface area contributed by atoms with Gasteiger partial charge in [-0.1, -0.05) is 13.8 Å². The van der Waals surface area contributed by atoms with Gasteiger partial charge in [-0.15, -0.1) is 0 Å². The average Bonchev–Trinajstić information content (AvgIpc) is 2.62. The molecule has 1 aliphatic rings. The second-order valence-electron chi connectivity index (χ2n) is 5.63. The molecule has 14 heavy (non-hydrogen) atoms. The van der Waals surface area contributed by atoms with Gasteiger partial charge in [-0.2, -0.15) is 0 Å². The molecule has 1 aliphatic carbocycles. The minimum Gasteiger partial charge on any atom is -0.330 e. The van der Waals surface area contributed by atoms with Gasteiger partial charge in [0, 0.05) is 6.04 Å². The molecule has 1 saturated carbocycles. The van der Waals surface area contributed by atoms with Crippen molar-refractivity contribution in [1.82, 2.24) is 4.90 Å². The van der Waals surface area contributed by atoms with Gasteiger partial charge in [0.2, 0.25) is 0 Å². The van der Waals surface area contributed by atoms with Crippen LogP contribution in [-0.2, 0) is 0 Å². The number of nitrogens with zero attached hydrogens (tertiary/aromatic N) is 1. The van der Waals surface area contributed by atoms with Gasteiger partial charge in [0.1, 0.15) is 0 Å². The van der Waals surface area contributed by atoms with Crippen molar-refractivity contribution in [3.05, 3.63) is 0 Å². The normalized spacial score (nSPS) is 30.0. The second kappa shape index (κ2) is 4.19. The maximum absolute atomic E-state index is 5.75. The fourth-order valence-electron chi connectivity index (χ4n) is 2.50. The van der Waals surface area contributed by atoms with Crippen LogP contribution in [0.15, 0.2) is 0 Å². The molecule has 0 spiro atoms. The van der Waals surface area contributed by atoms with Gasteiger partial charge in [0.05, 0.1) is 0 Å². The average molecular weight is 198 g/mol. The Bertz CT molecular complexity index is 187. The first-order valence-corrected chi connectivity index (χ1v) is 5.81. The molecule has 0 aromatic rings. The highest BCUT2D eigenvalue weighted by Crippen LogP contribution is 2.59. The van der Waals surface area contributed by atoms with Gasteiger partial charge < -0.3 is 10.6 Å². The Morgan fingerprint density at radius 3 is 2.21 bits per heavy atom. The first-order valence-electron chi connectivity index (χ1n) is 5.81. The van der Waals surface area contributed by atoms with Gasteiger partial charge in [-0.25, -0.2) is 0 Å². The molecule has 2 N–H and O–H groups in total. The minimum absolute atomic E-state index is 0.507. The lowest BCUT2D eigenvalue weighted by atomic mass is 10.1. The van der Waals surface area contributed by atoms with Crippen molar-refractivity contribution in [1.29, 1.82) is 0 Å². The SMILES string of the molecule is CC(C)N(C)CCC1C(CN)C1(C)C. The van der Waals surface area contributed by atoms with Crippen molar-refractivity contribution in [2.24, 2.45) is 23.0 Å². The van der Waals surface area contributed by atoms with Gasteiger partial charge in [-0.05, 0) is 57.7 Å². The van der Waals surface area contributed by atoms with E-state index in [1.54, 1.807) is 0 Å². The summed E-state index contributed by atoms with van der Waals surface area (Å²) in [6.45, 7) is 11.3. The van der Waals surface area contributed by atoms with Gasteiger partial charge in [0.25, 0.3) is 0 Å². The topological polar surface area (TPSA) is 29.3 Å². The van der Waals surface area contributed by atoms with E-state index in [9.17, 15) is 0 Å². The Balaban J connectivity index is 2.28. The molecule has 2 atom stereocenters. The van der Waals surface area contributed by atoms with Crippen molar-refractivity contribution < 1.29 is 0 Å². The van der Waals surface area contributed by atoms with E-state index in [0.717, 1.165) is 18.4 Å². The van der Waals surface area contributed by atoms with E-state index in [1.165, 1.54) is 13.0 Å². The lowest BCUT2D eigenvalue weighted by Gasteiger charge is -2.21. The zero-order valence-electron chi connectivity index (χ0n) is 10.4.